The Kier molecular flexibility index (Phi) is 54.5. The number of carbonyl (C=O) groups is 2. The van der Waals surface area contributed by atoms with Crippen molar-refractivity contribution in [3.63, 3.8) is 0 Å². The minimum Gasteiger partial charge on any atom is -0.393 e. The first-order valence-corrected chi connectivity index (χ1v) is 21.8. The van der Waals surface area contributed by atoms with Crippen LogP contribution in [0.25, 0.3) is 0 Å². The van der Waals surface area contributed by atoms with Crippen LogP contribution in [0.2, 0.25) is 0 Å². The first-order chi connectivity index (χ1) is 23.6. The molecule has 0 saturated carbocycles. The predicted molar refractivity (Wildman–Crippen MR) is 215 cm³/mol. The van der Waals surface area contributed by atoms with Gasteiger partial charge in [-0.3, -0.25) is 4.79 Å². The summed E-state index contributed by atoms with van der Waals surface area (Å²) in [5.74, 6) is 0.500. The summed E-state index contributed by atoms with van der Waals surface area (Å²) in [6.45, 7) is 13.4. The van der Waals surface area contributed by atoms with Crippen LogP contribution in [0.1, 0.15) is 252 Å². The third kappa shape index (κ3) is 52.1. The minimum absolute atomic E-state index is 0.0256. The van der Waals surface area contributed by atoms with E-state index >= 15 is 0 Å². The standard InChI is InChI=1S/C26H53NO.C17H36O.CH2O/c1-3-5-7-9-11-12-13-14-15-18-22-26(28)23-19-17-21-25-27-24-20-16-10-8-6-4-2;1-3-5-7-9-11-13-15-17(18)16-14-12-10-8-6-4-2;1-2/h27H,3-25H2,1-2H3;17-18H,3-16H2,1-2H3;1H2. The van der Waals surface area contributed by atoms with Gasteiger partial charge in [-0.2, -0.15) is 0 Å². The van der Waals surface area contributed by atoms with Gasteiger partial charge < -0.3 is 15.2 Å². The maximum atomic E-state index is 11.9. The van der Waals surface area contributed by atoms with Gasteiger partial charge in [0.15, 0.2) is 0 Å². The number of ketones is 1. The van der Waals surface area contributed by atoms with Crippen molar-refractivity contribution in [1.82, 2.24) is 5.32 Å². The first kappa shape index (κ1) is 51.6. The molecule has 0 radical (unpaired) electrons. The second-order valence-electron chi connectivity index (χ2n) is 14.6. The largest absolute Gasteiger partial charge is 0.393 e. The Hall–Kier alpha value is -0.740. The van der Waals surface area contributed by atoms with Gasteiger partial charge in [-0.15, -0.1) is 0 Å². The van der Waals surface area contributed by atoms with E-state index in [-0.39, 0.29) is 6.10 Å². The normalized spacial score (nSPS) is 10.9. The molecule has 0 heterocycles. The number of rotatable bonds is 38. The zero-order valence-electron chi connectivity index (χ0n) is 33.7. The van der Waals surface area contributed by atoms with Crippen molar-refractivity contribution < 1.29 is 14.7 Å². The lowest BCUT2D eigenvalue weighted by molar-refractivity contribution is -0.119. The van der Waals surface area contributed by atoms with Crippen molar-refractivity contribution in [1.29, 1.82) is 0 Å². The van der Waals surface area contributed by atoms with Crippen LogP contribution in [0, 0.1) is 0 Å². The highest BCUT2D eigenvalue weighted by molar-refractivity contribution is 5.78. The van der Waals surface area contributed by atoms with Gasteiger partial charge in [0.05, 0.1) is 6.10 Å². The molecule has 4 nitrogen and oxygen atoms in total. The topological polar surface area (TPSA) is 66.4 Å². The van der Waals surface area contributed by atoms with Crippen molar-refractivity contribution in [3.05, 3.63) is 0 Å². The number of aliphatic hydroxyl groups excluding tert-OH is 1. The van der Waals surface area contributed by atoms with Crippen molar-refractivity contribution >= 4 is 12.6 Å². The van der Waals surface area contributed by atoms with Gasteiger partial charge in [0, 0.05) is 12.8 Å². The molecule has 0 aliphatic rings. The molecule has 0 aromatic rings. The predicted octanol–water partition coefficient (Wildman–Crippen LogP) is 14.0. The summed E-state index contributed by atoms with van der Waals surface area (Å²) >= 11 is 0. The lowest BCUT2D eigenvalue weighted by Gasteiger charge is -2.10. The van der Waals surface area contributed by atoms with Gasteiger partial charge in [-0.1, -0.05) is 201 Å². The molecule has 0 aromatic heterocycles. The summed E-state index contributed by atoms with van der Waals surface area (Å²) in [6, 6.07) is 0. The summed E-state index contributed by atoms with van der Waals surface area (Å²) in [4.78, 5) is 19.9. The molecule has 0 saturated heterocycles. The number of Topliss-reactive ketones (excluding diaryl/α,β-unsaturated/α-hetero) is 1. The number of hydrogen-bond donors (Lipinski definition) is 2. The summed E-state index contributed by atoms with van der Waals surface area (Å²) < 4.78 is 0. The van der Waals surface area contributed by atoms with Crippen LogP contribution in [-0.2, 0) is 9.59 Å². The van der Waals surface area contributed by atoms with E-state index in [9.17, 15) is 9.90 Å². The number of carbonyl (C=O) groups excluding carboxylic acids is 2. The fourth-order valence-corrected chi connectivity index (χ4v) is 6.30. The molecule has 290 valence electrons. The van der Waals surface area contributed by atoms with Crippen LogP contribution in [-0.4, -0.2) is 36.9 Å². The highest BCUT2D eigenvalue weighted by atomic mass is 16.3. The molecule has 0 atom stereocenters. The second kappa shape index (κ2) is 50.6. The van der Waals surface area contributed by atoms with Crippen LogP contribution in [0.5, 0.6) is 0 Å². The third-order valence-corrected chi connectivity index (χ3v) is 9.61. The van der Waals surface area contributed by atoms with Crippen molar-refractivity contribution in [2.45, 2.75) is 259 Å². The van der Waals surface area contributed by atoms with Crippen molar-refractivity contribution in [3.8, 4) is 0 Å². The molecule has 0 aliphatic heterocycles. The fraction of sp³-hybridized carbons (Fsp3) is 0.955. The summed E-state index contributed by atoms with van der Waals surface area (Å²) in [5.41, 5.74) is 0. The summed E-state index contributed by atoms with van der Waals surface area (Å²) in [7, 11) is 0. The van der Waals surface area contributed by atoms with Gasteiger partial charge in [-0.25, -0.2) is 0 Å². The van der Waals surface area contributed by atoms with Gasteiger partial charge in [0.25, 0.3) is 0 Å². The first-order valence-electron chi connectivity index (χ1n) is 21.8. The van der Waals surface area contributed by atoms with E-state index in [2.05, 4.69) is 33.0 Å². The van der Waals surface area contributed by atoms with Gasteiger partial charge in [-0.05, 0) is 51.6 Å². The van der Waals surface area contributed by atoms with E-state index in [4.69, 9.17) is 4.79 Å². The number of aliphatic hydroxyl groups is 1. The molecule has 0 fully saturated rings. The van der Waals surface area contributed by atoms with E-state index in [1.54, 1.807) is 0 Å². The van der Waals surface area contributed by atoms with Gasteiger partial charge >= 0.3 is 0 Å². The molecule has 0 amide bonds. The molecular formula is C44H91NO3. The Morgan fingerprint density at radius 1 is 0.417 bits per heavy atom. The summed E-state index contributed by atoms with van der Waals surface area (Å²) in [5, 5.41) is 13.4. The van der Waals surface area contributed by atoms with Crippen LogP contribution in [0.15, 0.2) is 0 Å². The molecule has 0 unspecified atom stereocenters. The minimum atomic E-state index is -0.0256. The smallest absolute Gasteiger partial charge is 0.132 e. The van der Waals surface area contributed by atoms with Crippen LogP contribution < -0.4 is 5.32 Å². The van der Waals surface area contributed by atoms with Crippen LogP contribution >= 0.6 is 0 Å². The Bertz CT molecular complexity index is 539. The highest BCUT2D eigenvalue weighted by Crippen LogP contribution is 2.15. The van der Waals surface area contributed by atoms with E-state index in [1.807, 2.05) is 6.79 Å². The maximum Gasteiger partial charge on any atom is 0.132 e. The molecular weight excluding hydrogens is 590 g/mol. The van der Waals surface area contributed by atoms with Gasteiger partial charge in [0.1, 0.15) is 12.6 Å². The Morgan fingerprint density at radius 2 is 0.667 bits per heavy atom. The third-order valence-electron chi connectivity index (χ3n) is 9.61. The molecule has 0 aliphatic carbocycles. The lowest BCUT2D eigenvalue weighted by Crippen LogP contribution is -2.16. The number of unbranched alkanes of at least 4 members (excludes halogenated alkanes) is 26. The quantitative estimate of drug-likeness (QED) is 0.0637. The average Bonchev–Trinajstić information content (AvgIpc) is 3.10. The SMILES string of the molecule is C=O.CCCCCCCCC(O)CCCCCCCC.CCCCCCCCCCCCC(=O)CCCCCNCCCCCCCC. The van der Waals surface area contributed by atoms with Crippen molar-refractivity contribution in [2.75, 3.05) is 13.1 Å². The Labute approximate surface area is 303 Å². The van der Waals surface area contributed by atoms with Crippen molar-refractivity contribution in [2.24, 2.45) is 0 Å². The Morgan fingerprint density at radius 3 is 1.00 bits per heavy atom. The molecule has 0 rings (SSSR count). The monoisotopic (exact) mass is 682 g/mol. The van der Waals surface area contributed by atoms with E-state index in [0.717, 1.165) is 45.1 Å². The maximum absolute atomic E-state index is 11.9. The zero-order chi connectivity index (χ0) is 36.0. The van der Waals surface area contributed by atoms with E-state index in [1.165, 1.54) is 193 Å². The fourth-order valence-electron chi connectivity index (χ4n) is 6.30. The van der Waals surface area contributed by atoms with E-state index in [0.29, 0.717) is 5.78 Å². The number of nitrogens with one attached hydrogen (secondary N) is 1. The number of hydrogen-bond acceptors (Lipinski definition) is 4. The van der Waals surface area contributed by atoms with Crippen LogP contribution in [0.4, 0.5) is 0 Å². The zero-order valence-corrected chi connectivity index (χ0v) is 33.7. The molecule has 48 heavy (non-hydrogen) atoms. The van der Waals surface area contributed by atoms with E-state index < -0.39 is 0 Å². The lowest BCUT2D eigenvalue weighted by atomic mass is 10.0. The molecule has 4 heteroatoms. The van der Waals surface area contributed by atoms with Gasteiger partial charge in [0.2, 0.25) is 0 Å². The Balaban J connectivity index is -0.000000872. The molecule has 0 bridgehead atoms. The summed E-state index contributed by atoms with van der Waals surface area (Å²) in [6.07, 6.45) is 44.8. The molecule has 0 aromatic carbocycles. The highest BCUT2D eigenvalue weighted by Gasteiger charge is 2.04. The average molecular weight is 682 g/mol. The van der Waals surface area contributed by atoms with Crippen LogP contribution in [0.3, 0.4) is 0 Å². The second-order valence-corrected chi connectivity index (χ2v) is 14.6. The molecule has 2 N–H and O–H groups in total. The molecule has 0 spiro atoms.